The molecule has 2 fully saturated rings. The van der Waals surface area contributed by atoms with Crippen LogP contribution < -0.4 is 4.90 Å². The van der Waals surface area contributed by atoms with Crippen LogP contribution in [0.1, 0.15) is 29.2 Å². The number of anilines is 1. The minimum atomic E-state index is 0.0729. The lowest BCUT2D eigenvalue weighted by atomic mass is 10.1. The summed E-state index contributed by atoms with van der Waals surface area (Å²) in [4.78, 5) is 23.9. The van der Waals surface area contributed by atoms with Gasteiger partial charge in [-0.05, 0) is 33.0 Å². The molecule has 2 saturated heterocycles. The molecule has 0 unspecified atom stereocenters. The second kappa shape index (κ2) is 7.03. The smallest absolute Gasteiger partial charge is 0.256 e. The summed E-state index contributed by atoms with van der Waals surface area (Å²) in [5.74, 6) is 0.0729. The molecular weight excluding hydrogens is 330 g/mol. The van der Waals surface area contributed by atoms with Gasteiger partial charge in [0.05, 0.1) is 35.7 Å². The van der Waals surface area contributed by atoms with Gasteiger partial charge in [0.25, 0.3) is 5.91 Å². The van der Waals surface area contributed by atoms with E-state index in [-0.39, 0.29) is 18.0 Å². The molecular formula is C18H25N7O. The van der Waals surface area contributed by atoms with Crippen LogP contribution in [0.15, 0.2) is 30.9 Å². The molecule has 2 aliphatic rings. The largest absolute Gasteiger partial charge is 0.370 e. The van der Waals surface area contributed by atoms with Crippen molar-refractivity contribution in [3.05, 3.63) is 36.4 Å². The second-order valence-electron chi connectivity index (χ2n) is 7.28. The van der Waals surface area contributed by atoms with Gasteiger partial charge in [0.2, 0.25) is 0 Å². The molecule has 2 aromatic rings. The molecule has 138 valence electrons. The van der Waals surface area contributed by atoms with Crippen molar-refractivity contribution in [2.45, 2.75) is 24.9 Å². The van der Waals surface area contributed by atoms with Crippen LogP contribution >= 0.6 is 0 Å². The Kier molecular flexibility index (Phi) is 4.58. The summed E-state index contributed by atoms with van der Waals surface area (Å²) >= 11 is 0. The van der Waals surface area contributed by atoms with Crippen molar-refractivity contribution in [1.82, 2.24) is 29.8 Å². The fourth-order valence-electron chi connectivity index (χ4n) is 4.04. The van der Waals surface area contributed by atoms with Crippen LogP contribution in [0.25, 0.3) is 0 Å². The van der Waals surface area contributed by atoms with Crippen molar-refractivity contribution < 1.29 is 4.79 Å². The third-order valence-corrected chi connectivity index (χ3v) is 5.47. The zero-order valence-corrected chi connectivity index (χ0v) is 15.3. The first-order valence-corrected chi connectivity index (χ1v) is 9.15. The van der Waals surface area contributed by atoms with Gasteiger partial charge in [-0.2, -0.15) is 0 Å². The minimum Gasteiger partial charge on any atom is -0.370 e. The van der Waals surface area contributed by atoms with E-state index < -0.39 is 0 Å². The molecule has 4 heterocycles. The molecule has 2 aliphatic heterocycles. The van der Waals surface area contributed by atoms with Crippen molar-refractivity contribution in [2.75, 3.05) is 45.2 Å². The van der Waals surface area contributed by atoms with Crippen LogP contribution in [0.3, 0.4) is 0 Å². The molecule has 0 aliphatic carbocycles. The molecule has 0 saturated carbocycles. The highest BCUT2D eigenvalue weighted by Crippen LogP contribution is 2.29. The number of rotatable bonds is 4. The van der Waals surface area contributed by atoms with Gasteiger partial charge in [0, 0.05) is 38.6 Å². The predicted molar refractivity (Wildman–Crippen MR) is 98.1 cm³/mol. The molecule has 0 aromatic carbocycles. The monoisotopic (exact) mass is 355 g/mol. The number of hydrogen-bond acceptors (Lipinski definition) is 6. The maximum atomic E-state index is 13.3. The number of likely N-dealkylation sites (tertiary alicyclic amines) is 1. The van der Waals surface area contributed by atoms with Gasteiger partial charge in [0.15, 0.2) is 0 Å². The van der Waals surface area contributed by atoms with E-state index in [1.807, 2.05) is 42.1 Å². The number of carbonyl (C=O) groups excluding carboxylic acids is 1. The topological polar surface area (TPSA) is 70.4 Å². The number of nitrogens with zero attached hydrogens (tertiary/aromatic N) is 7. The van der Waals surface area contributed by atoms with Crippen molar-refractivity contribution in [3.8, 4) is 0 Å². The Morgan fingerprint density at radius 2 is 2.00 bits per heavy atom. The summed E-state index contributed by atoms with van der Waals surface area (Å²) < 4.78 is 1.87. The van der Waals surface area contributed by atoms with E-state index >= 15 is 0 Å². The molecule has 0 spiro atoms. The zero-order valence-electron chi connectivity index (χ0n) is 15.3. The van der Waals surface area contributed by atoms with Crippen LogP contribution in [0.5, 0.6) is 0 Å². The van der Waals surface area contributed by atoms with Crippen LogP contribution in [0, 0.1) is 0 Å². The summed E-state index contributed by atoms with van der Waals surface area (Å²) in [5, 5.41) is 8.09. The molecule has 26 heavy (non-hydrogen) atoms. The highest BCUT2D eigenvalue weighted by molar-refractivity contribution is 5.99. The number of hydrogen-bond donors (Lipinski definition) is 0. The normalized spacial score (nSPS) is 23.2. The summed E-state index contributed by atoms with van der Waals surface area (Å²) in [6.07, 6.45) is 9.43. The Morgan fingerprint density at radius 3 is 2.69 bits per heavy atom. The fraction of sp³-hybridized carbons (Fsp3) is 0.556. The van der Waals surface area contributed by atoms with Gasteiger partial charge in [-0.3, -0.25) is 9.78 Å². The van der Waals surface area contributed by atoms with E-state index in [1.165, 1.54) is 12.8 Å². The lowest BCUT2D eigenvalue weighted by molar-refractivity contribution is 0.0781. The average molecular weight is 355 g/mol. The van der Waals surface area contributed by atoms with Crippen LogP contribution in [-0.4, -0.2) is 82.0 Å². The molecule has 0 radical (unpaired) electrons. The molecule has 0 bridgehead atoms. The highest BCUT2D eigenvalue weighted by atomic mass is 16.2. The van der Waals surface area contributed by atoms with E-state index in [0.29, 0.717) is 13.1 Å². The summed E-state index contributed by atoms with van der Waals surface area (Å²) in [5.41, 5.74) is 1.71. The Balaban J connectivity index is 1.59. The summed E-state index contributed by atoms with van der Waals surface area (Å²) in [6, 6.07) is 2.16. The molecule has 1 amide bonds. The van der Waals surface area contributed by atoms with Crippen LogP contribution in [-0.2, 0) is 0 Å². The average Bonchev–Trinajstić information content (AvgIpc) is 3.41. The summed E-state index contributed by atoms with van der Waals surface area (Å²) in [6.45, 7) is 3.30. The van der Waals surface area contributed by atoms with Crippen molar-refractivity contribution in [1.29, 1.82) is 0 Å². The van der Waals surface area contributed by atoms with Crippen LogP contribution in [0.2, 0.25) is 0 Å². The third kappa shape index (κ3) is 3.05. The minimum absolute atomic E-state index is 0.0729. The quantitative estimate of drug-likeness (QED) is 0.812. The van der Waals surface area contributed by atoms with Gasteiger partial charge in [-0.15, -0.1) is 5.10 Å². The zero-order chi connectivity index (χ0) is 18.1. The molecule has 8 heteroatoms. The first-order chi connectivity index (χ1) is 12.6. The highest BCUT2D eigenvalue weighted by Gasteiger charge is 2.39. The number of pyridine rings is 1. The molecule has 2 atom stereocenters. The van der Waals surface area contributed by atoms with Gasteiger partial charge in [-0.25, -0.2) is 4.68 Å². The Hall–Kier alpha value is -2.48. The van der Waals surface area contributed by atoms with E-state index in [0.717, 1.165) is 24.3 Å². The van der Waals surface area contributed by atoms with Gasteiger partial charge in [-0.1, -0.05) is 5.21 Å². The molecule has 2 aromatic heterocycles. The maximum Gasteiger partial charge on any atom is 0.256 e. The van der Waals surface area contributed by atoms with Gasteiger partial charge in [0.1, 0.15) is 0 Å². The number of amides is 1. The third-order valence-electron chi connectivity index (χ3n) is 5.47. The predicted octanol–water partition coefficient (Wildman–Crippen LogP) is 0.901. The molecule has 0 N–H and O–H groups in total. The van der Waals surface area contributed by atoms with E-state index in [2.05, 4.69) is 25.1 Å². The van der Waals surface area contributed by atoms with Crippen LogP contribution in [0.4, 0.5) is 5.69 Å². The lowest BCUT2D eigenvalue weighted by Crippen LogP contribution is -2.37. The Morgan fingerprint density at radius 1 is 1.19 bits per heavy atom. The maximum absolute atomic E-state index is 13.3. The number of aromatic nitrogens is 4. The SMILES string of the molecule is CN(C)[C@@H]1CN(C(=O)c2ccncc2N2CCCC2)C[C@@H]1n1ccnn1. The number of carbonyl (C=O) groups is 1. The first-order valence-electron chi connectivity index (χ1n) is 9.15. The Bertz CT molecular complexity index is 755. The first kappa shape index (κ1) is 17.0. The van der Waals surface area contributed by atoms with Crippen molar-refractivity contribution in [2.24, 2.45) is 0 Å². The summed E-state index contributed by atoms with van der Waals surface area (Å²) in [7, 11) is 4.09. The van der Waals surface area contributed by atoms with E-state index in [4.69, 9.17) is 0 Å². The Labute approximate surface area is 153 Å². The fourth-order valence-corrected chi connectivity index (χ4v) is 4.04. The van der Waals surface area contributed by atoms with E-state index in [1.54, 1.807) is 12.4 Å². The molecule has 4 rings (SSSR count). The standard InChI is InChI=1S/C18H25N7O/c1-22(2)16-12-24(13-17(16)25-10-7-20-21-25)18(26)14-5-6-19-11-15(14)23-8-3-4-9-23/h5-7,10-11,16-17H,3-4,8-9,12-13H2,1-2H3/t16-,17+/m1/s1. The van der Waals surface area contributed by atoms with E-state index in [9.17, 15) is 4.79 Å². The van der Waals surface area contributed by atoms with Gasteiger partial charge < -0.3 is 14.7 Å². The lowest BCUT2D eigenvalue weighted by Gasteiger charge is -2.24. The number of likely N-dealkylation sites (N-methyl/N-ethyl adjacent to an activating group) is 1. The van der Waals surface area contributed by atoms with Gasteiger partial charge >= 0.3 is 0 Å². The second-order valence-corrected chi connectivity index (χ2v) is 7.28. The van der Waals surface area contributed by atoms with Crippen molar-refractivity contribution >= 4 is 11.6 Å². The molecule has 8 nitrogen and oxygen atoms in total. The van der Waals surface area contributed by atoms with Crippen molar-refractivity contribution in [3.63, 3.8) is 0 Å².